The normalized spacial score (nSPS) is 8.00. The quantitative estimate of drug-likeness (QED) is 0.364. The summed E-state index contributed by atoms with van der Waals surface area (Å²) < 4.78 is 4.72. The Balaban J connectivity index is -0.00000000333. The van der Waals surface area contributed by atoms with E-state index < -0.39 is 0 Å². The van der Waals surface area contributed by atoms with Crippen LogP contribution in [0.3, 0.4) is 0 Å². The monoisotopic (exact) mass is 202 g/mol. The third-order valence-corrected chi connectivity index (χ3v) is 0.577. The smallest absolute Gasteiger partial charge is 0.0488 e. The Kier molecular flexibility index (Phi) is 619. The maximum atomic E-state index is 4.72. The molecule has 1 fully saturated rings. The summed E-state index contributed by atoms with van der Waals surface area (Å²) in [4.78, 5) is 0. The number of ether oxygens (including phenoxy) is 1. The Bertz CT molecular complexity index is 17.7. The second-order valence-electron chi connectivity index (χ2n) is 0.966. The molecule has 16 N–H and O–H groups in total. The van der Waals surface area contributed by atoms with Crippen LogP contribution in [0.2, 0.25) is 0 Å². The van der Waals surface area contributed by atoms with Crippen molar-refractivity contribution < 1.29 is 48.5 Å². The molecular formula is C3H22O9. The van der Waals surface area contributed by atoms with Crippen molar-refractivity contribution in [2.45, 2.75) is 6.42 Å². The maximum Gasteiger partial charge on any atom is 0.0488 e. The zero-order valence-electron chi connectivity index (χ0n) is 6.53. The number of hydrogen-bond donors (Lipinski definition) is 0. The molecule has 0 aromatic carbocycles. The lowest BCUT2D eigenvalue weighted by molar-refractivity contribution is 0.0367. The van der Waals surface area contributed by atoms with Gasteiger partial charge in [0.25, 0.3) is 0 Å². The van der Waals surface area contributed by atoms with E-state index >= 15 is 0 Å². The highest BCUT2D eigenvalue weighted by Gasteiger charge is 1.94. The molecule has 0 aromatic rings. The molecule has 1 aliphatic heterocycles. The van der Waals surface area contributed by atoms with Crippen LogP contribution >= 0.6 is 0 Å². The fraction of sp³-hybridized carbons (Fsp3) is 1.00. The van der Waals surface area contributed by atoms with Crippen LogP contribution in [0.25, 0.3) is 0 Å². The summed E-state index contributed by atoms with van der Waals surface area (Å²) in [5.74, 6) is 0. The Hall–Kier alpha value is -0.360. The second-order valence-corrected chi connectivity index (χ2v) is 0.966. The lowest BCUT2D eigenvalue weighted by atomic mass is 10.4. The van der Waals surface area contributed by atoms with E-state index in [2.05, 4.69) is 0 Å². The Morgan fingerprint density at radius 3 is 0.583 bits per heavy atom. The van der Waals surface area contributed by atoms with Crippen LogP contribution in [0.5, 0.6) is 0 Å². The number of hydrogen-bond acceptors (Lipinski definition) is 1. The van der Waals surface area contributed by atoms with Gasteiger partial charge in [0, 0.05) is 13.2 Å². The predicted octanol–water partition coefficient (Wildman–Crippen LogP) is -6.19. The van der Waals surface area contributed by atoms with Gasteiger partial charge >= 0.3 is 0 Å². The van der Waals surface area contributed by atoms with Crippen LogP contribution in [-0.2, 0) is 4.74 Å². The fourth-order valence-corrected chi connectivity index (χ4v) is 0.144. The van der Waals surface area contributed by atoms with Crippen molar-refractivity contribution in [3.05, 3.63) is 0 Å². The molecule has 1 rings (SSSR count). The van der Waals surface area contributed by atoms with E-state index in [4.69, 9.17) is 4.74 Å². The Labute approximate surface area is 69.4 Å². The van der Waals surface area contributed by atoms with Crippen LogP contribution in [-0.4, -0.2) is 57.0 Å². The molecule has 0 aromatic heterocycles. The predicted molar refractivity (Wildman–Crippen MR) is 44.3 cm³/mol. The summed E-state index contributed by atoms with van der Waals surface area (Å²) in [5.41, 5.74) is 0. The molecule has 0 radical (unpaired) electrons. The van der Waals surface area contributed by atoms with Crippen molar-refractivity contribution in [2.24, 2.45) is 0 Å². The van der Waals surface area contributed by atoms with Crippen LogP contribution in [0, 0.1) is 0 Å². The van der Waals surface area contributed by atoms with Gasteiger partial charge in [0.1, 0.15) is 0 Å². The van der Waals surface area contributed by atoms with Crippen molar-refractivity contribution in [3.63, 3.8) is 0 Å². The van der Waals surface area contributed by atoms with Crippen LogP contribution in [0.4, 0.5) is 0 Å². The van der Waals surface area contributed by atoms with E-state index in [9.17, 15) is 0 Å². The highest BCUT2D eigenvalue weighted by Crippen LogP contribution is 1.92. The Morgan fingerprint density at radius 1 is 0.500 bits per heavy atom. The minimum Gasteiger partial charge on any atom is -0.412 e. The average molecular weight is 202 g/mol. The summed E-state index contributed by atoms with van der Waals surface area (Å²) in [6.07, 6.45) is 1.28. The first-order valence-electron chi connectivity index (χ1n) is 1.58. The second kappa shape index (κ2) is 74.6. The van der Waals surface area contributed by atoms with Crippen LogP contribution in [0.15, 0.2) is 0 Å². The standard InChI is InChI=1S/C3H6O.8H2O/c1-2-4-3-1;;;;;;;;/h1-3H2;8*1H2. The largest absolute Gasteiger partial charge is 0.412 e. The molecule has 9 nitrogen and oxygen atoms in total. The lowest BCUT2D eigenvalue weighted by Crippen LogP contribution is -2.09. The molecule has 1 saturated heterocycles. The SMILES string of the molecule is C1COC1.O.O.O.O.O.O.O.O. The summed E-state index contributed by atoms with van der Waals surface area (Å²) in [6.45, 7) is 2.00. The maximum absolute atomic E-state index is 4.72. The van der Waals surface area contributed by atoms with Gasteiger partial charge in [-0.2, -0.15) is 0 Å². The molecule has 0 amide bonds. The van der Waals surface area contributed by atoms with E-state index in [0.717, 1.165) is 13.2 Å². The first kappa shape index (κ1) is 99.5. The molecule has 0 saturated carbocycles. The summed E-state index contributed by atoms with van der Waals surface area (Å²) in [7, 11) is 0. The molecule has 0 atom stereocenters. The zero-order chi connectivity index (χ0) is 2.83. The van der Waals surface area contributed by atoms with Gasteiger partial charge in [-0.3, -0.25) is 0 Å². The van der Waals surface area contributed by atoms with Crippen molar-refractivity contribution >= 4 is 0 Å². The molecule has 9 heteroatoms. The van der Waals surface area contributed by atoms with E-state index in [1.165, 1.54) is 6.42 Å². The van der Waals surface area contributed by atoms with Crippen molar-refractivity contribution in [1.29, 1.82) is 0 Å². The van der Waals surface area contributed by atoms with E-state index in [0.29, 0.717) is 0 Å². The molecule has 0 spiro atoms. The van der Waals surface area contributed by atoms with Crippen molar-refractivity contribution in [2.75, 3.05) is 13.2 Å². The van der Waals surface area contributed by atoms with Gasteiger partial charge in [0.05, 0.1) is 0 Å². The van der Waals surface area contributed by atoms with Crippen LogP contribution in [0.1, 0.15) is 6.42 Å². The molecule has 1 heterocycles. The van der Waals surface area contributed by atoms with Gasteiger partial charge in [-0.05, 0) is 6.42 Å². The summed E-state index contributed by atoms with van der Waals surface area (Å²) in [6, 6.07) is 0. The molecule has 12 heavy (non-hydrogen) atoms. The Morgan fingerprint density at radius 2 is 0.583 bits per heavy atom. The summed E-state index contributed by atoms with van der Waals surface area (Å²) >= 11 is 0. The fourth-order valence-electron chi connectivity index (χ4n) is 0.144. The first-order chi connectivity index (χ1) is 2.00. The summed E-state index contributed by atoms with van der Waals surface area (Å²) in [5, 5.41) is 0. The topological polar surface area (TPSA) is 261 Å². The minimum atomic E-state index is 0. The van der Waals surface area contributed by atoms with E-state index in [1.54, 1.807) is 0 Å². The average Bonchev–Trinajstić information content (AvgIpc) is 0.722. The highest BCUT2D eigenvalue weighted by molar-refractivity contribution is 4.41. The number of rotatable bonds is 0. The van der Waals surface area contributed by atoms with Gasteiger partial charge in [-0.25, -0.2) is 0 Å². The highest BCUT2D eigenvalue weighted by atomic mass is 16.5. The first-order valence-corrected chi connectivity index (χ1v) is 1.58. The minimum absolute atomic E-state index is 0. The zero-order valence-corrected chi connectivity index (χ0v) is 6.53. The molecule has 0 unspecified atom stereocenters. The van der Waals surface area contributed by atoms with Gasteiger partial charge in [-0.1, -0.05) is 0 Å². The van der Waals surface area contributed by atoms with Crippen LogP contribution < -0.4 is 0 Å². The van der Waals surface area contributed by atoms with E-state index in [1.807, 2.05) is 0 Å². The van der Waals surface area contributed by atoms with E-state index in [-0.39, 0.29) is 43.8 Å². The third kappa shape index (κ3) is 54.3. The third-order valence-electron chi connectivity index (χ3n) is 0.577. The lowest BCUT2D eigenvalue weighted by Gasteiger charge is -2.09. The van der Waals surface area contributed by atoms with Gasteiger partial charge in [-0.15, -0.1) is 0 Å². The molecular weight excluding hydrogens is 180 g/mol. The van der Waals surface area contributed by atoms with Crippen molar-refractivity contribution in [1.82, 2.24) is 0 Å². The molecule has 88 valence electrons. The van der Waals surface area contributed by atoms with Gasteiger partial charge < -0.3 is 48.5 Å². The van der Waals surface area contributed by atoms with Gasteiger partial charge in [0.2, 0.25) is 0 Å². The molecule has 0 bridgehead atoms. The molecule has 0 aliphatic carbocycles. The van der Waals surface area contributed by atoms with Crippen molar-refractivity contribution in [3.8, 4) is 0 Å². The van der Waals surface area contributed by atoms with Gasteiger partial charge in [0.15, 0.2) is 0 Å². The molecule has 1 aliphatic rings.